The number of nitrogens with one attached hydrogen (secondary N) is 1. The smallest absolute Gasteiger partial charge is 0.282 e. The highest BCUT2D eigenvalue weighted by atomic mass is 19.1. The van der Waals surface area contributed by atoms with Gasteiger partial charge >= 0.3 is 0 Å². The van der Waals surface area contributed by atoms with Gasteiger partial charge in [-0.15, -0.1) is 0 Å². The Morgan fingerprint density at radius 3 is 2.84 bits per heavy atom. The lowest BCUT2D eigenvalue weighted by Gasteiger charge is -2.42. The van der Waals surface area contributed by atoms with E-state index in [0.29, 0.717) is 25.5 Å². The Labute approximate surface area is 183 Å². The fourth-order valence-corrected chi connectivity index (χ4v) is 3.82. The number of fused-ring (bicyclic) bond motifs is 1. The Bertz CT molecular complexity index is 1030. The number of ether oxygens (including phenoxy) is 4. The van der Waals surface area contributed by atoms with Gasteiger partial charge in [0.05, 0.1) is 37.6 Å². The summed E-state index contributed by atoms with van der Waals surface area (Å²) in [6, 6.07) is 4.25. The molecule has 11 heteroatoms. The van der Waals surface area contributed by atoms with Gasteiger partial charge in [0.2, 0.25) is 5.88 Å². The Kier molecular flexibility index (Phi) is 5.94. The maximum Gasteiger partial charge on any atom is 0.282 e. The van der Waals surface area contributed by atoms with Gasteiger partial charge in [-0.25, -0.2) is 19.4 Å². The number of nitrogens with zero attached hydrogens (tertiary/aromatic N) is 3. The first kappa shape index (κ1) is 21.9. The van der Waals surface area contributed by atoms with Crippen molar-refractivity contribution in [2.24, 2.45) is 16.1 Å². The summed E-state index contributed by atoms with van der Waals surface area (Å²) in [5.41, 5.74) is 4.88. The quantitative estimate of drug-likeness (QED) is 0.613. The lowest BCUT2D eigenvalue weighted by Crippen LogP contribution is -2.50. The summed E-state index contributed by atoms with van der Waals surface area (Å²) in [6.45, 7) is 3.37. The second-order valence-electron chi connectivity index (χ2n) is 7.88. The minimum absolute atomic E-state index is 0.0232. The number of nitrogens with two attached hydrogens (primary N) is 1. The number of aliphatic imine (C=N–C) groups is 1. The highest BCUT2D eigenvalue weighted by molar-refractivity contribution is 6.02. The van der Waals surface area contributed by atoms with Gasteiger partial charge in [0.15, 0.2) is 0 Å². The van der Waals surface area contributed by atoms with Gasteiger partial charge in [0.25, 0.3) is 11.9 Å². The molecule has 0 unspecified atom stereocenters. The number of anilines is 1. The summed E-state index contributed by atoms with van der Waals surface area (Å²) in [4.78, 5) is 25.2. The fourth-order valence-electron chi connectivity index (χ4n) is 3.82. The second kappa shape index (κ2) is 8.67. The van der Waals surface area contributed by atoms with Gasteiger partial charge in [-0.2, -0.15) is 0 Å². The molecule has 170 valence electrons. The highest BCUT2D eigenvalue weighted by Crippen LogP contribution is 2.51. The number of aromatic nitrogens is 2. The lowest BCUT2D eigenvalue weighted by atomic mass is 9.69. The topological polar surface area (TPSA) is 130 Å². The van der Waals surface area contributed by atoms with Gasteiger partial charge in [0.1, 0.15) is 30.3 Å². The van der Waals surface area contributed by atoms with E-state index in [9.17, 15) is 9.18 Å². The van der Waals surface area contributed by atoms with E-state index < -0.39 is 22.7 Å². The summed E-state index contributed by atoms with van der Waals surface area (Å²) < 4.78 is 36.2. The molecule has 2 aromatic rings. The molecule has 4 rings (SSSR count). The molecule has 0 radical (unpaired) electrons. The highest BCUT2D eigenvalue weighted by Gasteiger charge is 2.58. The minimum atomic E-state index is -1.05. The van der Waals surface area contributed by atoms with Crippen LogP contribution in [0.2, 0.25) is 0 Å². The van der Waals surface area contributed by atoms with Crippen molar-refractivity contribution in [3.63, 3.8) is 0 Å². The summed E-state index contributed by atoms with van der Waals surface area (Å²) in [7, 11) is 1.56. The zero-order valence-electron chi connectivity index (χ0n) is 17.8. The van der Waals surface area contributed by atoms with Crippen LogP contribution in [0.3, 0.4) is 0 Å². The summed E-state index contributed by atoms with van der Waals surface area (Å²) in [5, 5.41) is 2.72. The van der Waals surface area contributed by atoms with E-state index in [1.165, 1.54) is 30.6 Å². The van der Waals surface area contributed by atoms with Crippen LogP contribution in [-0.2, 0) is 19.7 Å². The monoisotopic (exact) mass is 445 g/mol. The first-order valence-corrected chi connectivity index (χ1v) is 9.98. The zero-order chi connectivity index (χ0) is 22.8. The molecular formula is C21H24FN5O5. The minimum Gasteiger partial charge on any atom is -0.474 e. The first-order chi connectivity index (χ1) is 15.4. The molecule has 2 aliphatic rings. The average molecular weight is 445 g/mol. The number of carbonyl (C=O) groups is 1. The molecule has 0 aliphatic carbocycles. The van der Waals surface area contributed by atoms with Crippen LogP contribution >= 0.6 is 0 Å². The van der Waals surface area contributed by atoms with Gasteiger partial charge in [-0.05, 0) is 18.2 Å². The van der Waals surface area contributed by atoms with Crippen LogP contribution in [0.25, 0.3) is 0 Å². The van der Waals surface area contributed by atoms with Crippen LogP contribution in [0.4, 0.5) is 10.1 Å². The molecule has 1 aromatic heterocycles. The van der Waals surface area contributed by atoms with Crippen LogP contribution in [0, 0.1) is 11.2 Å². The fraction of sp³-hybridized carbons (Fsp3) is 0.429. The Hall–Kier alpha value is -3.31. The number of amidine groups is 1. The number of hydrogen-bond donors (Lipinski definition) is 2. The number of carbonyl (C=O) groups excluding carboxylic acids is 1. The van der Waals surface area contributed by atoms with E-state index in [1.807, 2.05) is 6.92 Å². The van der Waals surface area contributed by atoms with Crippen molar-refractivity contribution in [3.05, 3.63) is 47.7 Å². The van der Waals surface area contributed by atoms with Crippen molar-refractivity contribution in [1.82, 2.24) is 9.97 Å². The molecule has 2 aliphatic heterocycles. The third-order valence-corrected chi connectivity index (χ3v) is 5.64. The van der Waals surface area contributed by atoms with Crippen molar-refractivity contribution in [2.45, 2.75) is 12.5 Å². The molecule has 1 saturated heterocycles. The molecule has 0 spiro atoms. The molecule has 0 saturated carbocycles. The molecule has 0 bridgehead atoms. The van der Waals surface area contributed by atoms with Gasteiger partial charge < -0.3 is 30.0 Å². The van der Waals surface area contributed by atoms with Crippen LogP contribution in [0.15, 0.2) is 35.6 Å². The third kappa shape index (κ3) is 3.96. The maximum absolute atomic E-state index is 15.0. The Morgan fingerprint density at radius 2 is 2.09 bits per heavy atom. The zero-order valence-corrected chi connectivity index (χ0v) is 17.8. The van der Waals surface area contributed by atoms with E-state index in [4.69, 9.17) is 24.7 Å². The second-order valence-corrected chi connectivity index (χ2v) is 7.88. The average Bonchev–Trinajstić information content (AvgIpc) is 3.13. The van der Waals surface area contributed by atoms with Crippen molar-refractivity contribution in [3.8, 4) is 5.88 Å². The van der Waals surface area contributed by atoms with Crippen LogP contribution in [-0.4, -0.2) is 62.0 Å². The number of benzene rings is 1. The Morgan fingerprint density at radius 1 is 1.25 bits per heavy atom. The van der Waals surface area contributed by atoms with Crippen molar-refractivity contribution in [2.75, 3.05) is 45.5 Å². The van der Waals surface area contributed by atoms with E-state index in [0.717, 1.165) is 0 Å². The molecule has 10 nitrogen and oxygen atoms in total. The van der Waals surface area contributed by atoms with E-state index in [-0.39, 0.29) is 36.4 Å². The van der Waals surface area contributed by atoms with Crippen molar-refractivity contribution in [1.29, 1.82) is 0 Å². The molecule has 3 N–H and O–H groups in total. The normalized spacial score (nSPS) is 24.3. The number of methoxy groups -OCH3 is 1. The largest absolute Gasteiger partial charge is 0.474 e. The molecule has 1 aromatic carbocycles. The SMILES string of the molecule is COCCOc1cnc(C(=O)Nc2ccc(F)c([C@]34COC[C@@]3(C)COC(N)=N4)c2)cn1. The standard InChI is InChI=1S/C21H24FN5O5/c1-20-10-30-12-21(20,27-19(23)32-11-20)14-7-13(3-4-15(14)22)26-18(28)16-8-25-17(9-24-16)31-6-5-29-2/h3-4,7-9H,5-6,10-12H2,1-2H3,(H2,23,27)(H,26,28)/t20-,21+/m0/s1. The van der Waals surface area contributed by atoms with Crippen molar-refractivity contribution < 1.29 is 28.1 Å². The number of halogens is 1. The number of hydrogen-bond acceptors (Lipinski definition) is 9. The summed E-state index contributed by atoms with van der Waals surface area (Å²) in [6.07, 6.45) is 2.65. The predicted octanol–water partition coefficient (Wildman–Crippen LogP) is 1.47. The predicted molar refractivity (Wildman–Crippen MR) is 112 cm³/mol. The molecular weight excluding hydrogens is 421 g/mol. The number of amides is 1. The van der Waals surface area contributed by atoms with E-state index in [2.05, 4.69) is 20.3 Å². The van der Waals surface area contributed by atoms with Gasteiger partial charge in [-0.3, -0.25) is 4.79 Å². The molecule has 32 heavy (non-hydrogen) atoms. The van der Waals surface area contributed by atoms with E-state index >= 15 is 0 Å². The number of rotatable bonds is 7. The van der Waals surface area contributed by atoms with Gasteiger partial charge in [-0.1, -0.05) is 6.92 Å². The summed E-state index contributed by atoms with van der Waals surface area (Å²) >= 11 is 0. The summed E-state index contributed by atoms with van der Waals surface area (Å²) in [5.74, 6) is -0.704. The first-order valence-electron chi connectivity index (χ1n) is 9.98. The molecule has 3 heterocycles. The lowest BCUT2D eigenvalue weighted by molar-refractivity contribution is 0.0665. The molecule has 1 amide bonds. The van der Waals surface area contributed by atoms with Gasteiger partial charge in [0, 0.05) is 18.4 Å². The Balaban J connectivity index is 1.56. The van der Waals surface area contributed by atoms with Crippen LogP contribution in [0.1, 0.15) is 23.0 Å². The van der Waals surface area contributed by atoms with E-state index in [1.54, 1.807) is 7.11 Å². The molecule has 1 fully saturated rings. The third-order valence-electron chi connectivity index (χ3n) is 5.64. The maximum atomic E-state index is 15.0. The van der Waals surface area contributed by atoms with Crippen molar-refractivity contribution >= 4 is 17.6 Å². The molecule has 2 atom stereocenters. The van der Waals surface area contributed by atoms with Crippen LogP contribution in [0.5, 0.6) is 5.88 Å². The van der Waals surface area contributed by atoms with Crippen LogP contribution < -0.4 is 15.8 Å².